The van der Waals surface area contributed by atoms with Crippen LogP contribution >= 0.6 is 11.8 Å². The number of carbonyl (C=O) groups excluding carboxylic acids is 1. The summed E-state index contributed by atoms with van der Waals surface area (Å²) in [6, 6.07) is 17.0. The summed E-state index contributed by atoms with van der Waals surface area (Å²) in [7, 11) is 0. The first-order valence-electron chi connectivity index (χ1n) is 11.3. The van der Waals surface area contributed by atoms with E-state index in [1.165, 1.54) is 34.9 Å². The molecule has 0 aliphatic carbocycles. The zero-order valence-electron chi connectivity index (χ0n) is 17.6. The van der Waals surface area contributed by atoms with Gasteiger partial charge >= 0.3 is 0 Å². The van der Waals surface area contributed by atoms with Crippen molar-refractivity contribution in [3.05, 3.63) is 70.8 Å². The lowest BCUT2D eigenvalue weighted by Gasteiger charge is -2.49. The summed E-state index contributed by atoms with van der Waals surface area (Å²) in [6.07, 6.45) is 4.69. The van der Waals surface area contributed by atoms with Crippen molar-refractivity contribution in [2.75, 3.05) is 19.6 Å². The smallest absolute Gasteiger partial charge is 0.269 e. The van der Waals surface area contributed by atoms with Crippen LogP contribution in [0.4, 0.5) is 0 Å². The van der Waals surface area contributed by atoms with E-state index in [0.717, 1.165) is 43.0 Å². The first-order valence-corrected chi connectivity index (χ1v) is 11.6. The molecule has 4 nitrogen and oxygen atoms in total. The maximum absolute atomic E-state index is 13.4. The predicted molar refractivity (Wildman–Crippen MR) is 120 cm³/mol. The molecule has 0 unspecified atom stereocenters. The standard InChI is InChI=1S/C25H30ClN3O/c1-17(18-7-3-2-4-8-18)29(26)25(30)22-11-5-10-21-20(22)12-14-28-16-19-9-6-13-27-23(19)15-24(21)28/h2-5,7-8,10-11,17,19,23-24,27H,6,9,12-16H2,1H3/t17-,19+,23-,24-/m1/s1. The summed E-state index contributed by atoms with van der Waals surface area (Å²) in [4.78, 5) is 16.0. The van der Waals surface area contributed by atoms with Gasteiger partial charge in [-0.2, -0.15) is 0 Å². The molecule has 2 aromatic rings. The summed E-state index contributed by atoms with van der Waals surface area (Å²) in [5.41, 5.74) is 4.33. The molecule has 5 rings (SSSR count). The fraction of sp³-hybridized carbons (Fsp3) is 0.480. The van der Waals surface area contributed by atoms with E-state index in [1.54, 1.807) is 0 Å². The summed E-state index contributed by atoms with van der Waals surface area (Å²) in [5, 5.41) is 3.75. The molecule has 0 radical (unpaired) electrons. The zero-order chi connectivity index (χ0) is 20.7. The summed E-state index contributed by atoms with van der Waals surface area (Å²) in [5.74, 6) is 0.675. The minimum absolute atomic E-state index is 0.0946. The van der Waals surface area contributed by atoms with Gasteiger partial charge in [0.2, 0.25) is 0 Å². The number of amides is 1. The van der Waals surface area contributed by atoms with E-state index in [1.807, 2.05) is 49.4 Å². The minimum atomic E-state index is -0.182. The lowest BCUT2D eigenvalue weighted by Crippen LogP contribution is -2.54. The van der Waals surface area contributed by atoms with E-state index in [9.17, 15) is 4.79 Å². The Hall–Kier alpha value is -1.88. The SMILES string of the molecule is C[C@H](c1ccccc1)N(Cl)C(=O)c1cccc2c1CCN1C[C@@H]3CCCN[C@@H]3C[C@H]21. The van der Waals surface area contributed by atoms with Gasteiger partial charge in [-0.3, -0.25) is 9.69 Å². The summed E-state index contributed by atoms with van der Waals surface area (Å²) >= 11 is 6.59. The number of hydrogen-bond acceptors (Lipinski definition) is 3. The van der Waals surface area contributed by atoms with Gasteiger partial charge in [0.25, 0.3) is 5.91 Å². The molecular formula is C25H30ClN3O. The Labute approximate surface area is 184 Å². The lowest BCUT2D eigenvalue weighted by molar-refractivity contribution is 0.0548. The number of halogens is 1. The molecule has 0 spiro atoms. The number of benzene rings is 2. The second-order valence-corrected chi connectivity index (χ2v) is 9.40. The van der Waals surface area contributed by atoms with Crippen LogP contribution in [0.25, 0.3) is 0 Å². The van der Waals surface area contributed by atoms with Crippen molar-refractivity contribution in [3.63, 3.8) is 0 Å². The van der Waals surface area contributed by atoms with Crippen LogP contribution in [-0.2, 0) is 6.42 Å². The van der Waals surface area contributed by atoms with Crippen LogP contribution in [0.3, 0.4) is 0 Å². The highest BCUT2D eigenvalue weighted by molar-refractivity contribution is 6.24. The third-order valence-electron chi connectivity index (χ3n) is 7.38. The number of carbonyl (C=O) groups is 1. The lowest BCUT2D eigenvalue weighted by atomic mass is 9.77. The van der Waals surface area contributed by atoms with Crippen molar-refractivity contribution in [2.24, 2.45) is 5.92 Å². The number of piperidine rings is 2. The Morgan fingerprint density at radius 3 is 2.87 bits per heavy atom. The molecule has 5 heteroatoms. The Kier molecular flexibility index (Phi) is 5.57. The fourth-order valence-corrected chi connectivity index (χ4v) is 5.91. The molecule has 1 N–H and O–H groups in total. The average Bonchev–Trinajstić information content (AvgIpc) is 2.81. The van der Waals surface area contributed by atoms with Crippen LogP contribution in [0.5, 0.6) is 0 Å². The quantitative estimate of drug-likeness (QED) is 0.726. The minimum Gasteiger partial charge on any atom is -0.314 e. The molecule has 0 aromatic heterocycles. The topological polar surface area (TPSA) is 35.6 Å². The van der Waals surface area contributed by atoms with E-state index >= 15 is 0 Å². The Bertz CT molecular complexity index is 918. The molecule has 2 fully saturated rings. The monoisotopic (exact) mass is 423 g/mol. The van der Waals surface area contributed by atoms with Crippen molar-refractivity contribution in [2.45, 2.75) is 50.7 Å². The maximum atomic E-state index is 13.4. The van der Waals surface area contributed by atoms with Crippen LogP contribution < -0.4 is 5.32 Å². The van der Waals surface area contributed by atoms with Crippen molar-refractivity contribution in [1.82, 2.24) is 14.6 Å². The molecule has 2 saturated heterocycles. The summed E-state index contributed by atoms with van der Waals surface area (Å²) in [6.45, 7) is 5.32. The van der Waals surface area contributed by atoms with Crippen LogP contribution in [0, 0.1) is 5.92 Å². The molecule has 4 atom stereocenters. The van der Waals surface area contributed by atoms with Gasteiger partial charge in [0.1, 0.15) is 0 Å². The Morgan fingerprint density at radius 1 is 1.20 bits per heavy atom. The second-order valence-electron chi connectivity index (χ2n) is 9.04. The van der Waals surface area contributed by atoms with Crippen LogP contribution in [0.1, 0.15) is 65.3 Å². The van der Waals surface area contributed by atoms with Crippen LogP contribution in [0.2, 0.25) is 0 Å². The van der Waals surface area contributed by atoms with Crippen molar-refractivity contribution in [1.29, 1.82) is 0 Å². The van der Waals surface area contributed by atoms with Gasteiger partial charge in [-0.05, 0) is 67.8 Å². The van der Waals surface area contributed by atoms with Gasteiger partial charge < -0.3 is 5.32 Å². The molecule has 3 heterocycles. The Balaban J connectivity index is 1.41. The molecule has 3 aliphatic heterocycles. The van der Waals surface area contributed by atoms with Crippen molar-refractivity contribution in [3.8, 4) is 0 Å². The fourth-order valence-electron chi connectivity index (χ4n) is 5.71. The number of fused-ring (bicyclic) bond motifs is 4. The van der Waals surface area contributed by atoms with Crippen LogP contribution in [-0.4, -0.2) is 40.9 Å². The second kappa shape index (κ2) is 8.33. The van der Waals surface area contributed by atoms with Crippen molar-refractivity contribution < 1.29 is 4.79 Å². The highest BCUT2D eigenvalue weighted by Gasteiger charge is 2.40. The van der Waals surface area contributed by atoms with Gasteiger partial charge in [0, 0.05) is 42.5 Å². The molecule has 0 bridgehead atoms. The first kappa shape index (κ1) is 20.0. The van der Waals surface area contributed by atoms with Crippen LogP contribution in [0.15, 0.2) is 48.5 Å². The van der Waals surface area contributed by atoms with E-state index in [2.05, 4.69) is 16.3 Å². The zero-order valence-corrected chi connectivity index (χ0v) is 18.3. The molecule has 0 saturated carbocycles. The van der Waals surface area contributed by atoms with Gasteiger partial charge in [0.15, 0.2) is 0 Å². The van der Waals surface area contributed by atoms with Crippen molar-refractivity contribution >= 4 is 17.7 Å². The third-order valence-corrected chi connectivity index (χ3v) is 7.83. The number of rotatable bonds is 3. The number of nitrogens with one attached hydrogen (secondary N) is 1. The molecule has 2 aromatic carbocycles. The highest BCUT2D eigenvalue weighted by atomic mass is 35.5. The van der Waals surface area contributed by atoms with Gasteiger partial charge in [0.05, 0.1) is 6.04 Å². The van der Waals surface area contributed by atoms with E-state index in [0.29, 0.717) is 12.1 Å². The first-order chi connectivity index (χ1) is 14.6. The maximum Gasteiger partial charge on any atom is 0.269 e. The Morgan fingerprint density at radius 2 is 2.03 bits per heavy atom. The molecule has 3 aliphatic rings. The third kappa shape index (κ3) is 3.55. The molecule has 158 valence electrons. The summed E-state index contributed by atoms with van der Waals surface area (Å²) < 4.78 is 1.37. The average molecular weight is 424 g/mol. The van der Waals surface area contributed by atoms with Gasteiger partial charge in [-0.1, -0.05) is 42.5 Å². The largest absolute Gasteiger partial charge is 0.314 e. The molecular weight excluding hydrogens is 394 g/mol. The molecule has 1 amide bonds. The molecule has 30 heavy (non-hydrogen) atoms. The van der Waals surface area contributed by atoms with Gasteiger partial charge in [-0.15, -0.1) is 0 Å². The number of hydrogen-bond donors (Lipinski definition) is 1. The van der Waals surface area contributed by atoms with E-state index in [4.69, 9.17) is 11.8 Å². The van der Waals surface area contributed by atoms with E-state index in [-0.39, 0.29) is 11.9 Å². The normalized spacial score (nSPS) is 26.8. The highest BCUT2D eigenvalue weighted by Crippen LogP contribution is 2.41. The predicted octanol–water partition coefficient (Wildman–Crippen LogP) is 4.71. The van der Waals surface area contributed by atoms with E-state index < -0.39 is 0 Å². The van der Waals surface area contributed by atoms with Gasteiger partial charge in [-0.25, -0.2) is 4.42 Å². The number of nitrogens with zero attached hydrogens (tertiary/aromatic N) is 2.